The van der Waals surface area contributed by atoms with Crippen molar-refractivity contribution in [1.29, 1.82) is 5.26 Å². The Balaban J connectivity index is 2.31. The fourth-order valence-electron chi connectivity index (χ4n) is 2.11. The molecule has 1 aromatic rings. The SMILES string of the molecule is C=CCSc1nc2c(cc1C#N)CN(CC)CC2. The lowest BCUT2D eigenvalue weighted by Gasteiger charge is -2.27. The smallest absolute Gasteiger partial charge is 0.114 e. The van der Waals surface area contributed by atoms with Gasteiger partial charge in [0.25, 0.3) is 0 Å². The molecule has 0 aliphatic carbocycles. The number of hydrogen-bond acceptors (Lipinski definition) is 4. The van der Waals surface area contributed by atoms with Crippen LogP contribution in [0.25, 0.3) is 0 Å². The van der Waals surface area contributed by atoms with Gasteiger partial charge in [-0.15, -0.1) is 18.3 Å². The van der Waals surface area contributed by atoms with Crippen molar-refractivity contribution in [2.45, 2.75) is 24.9 Å². The second-order valence-corrected chi connectivity index (χ2v) is 5.29. The van der Waals surface area contributed by atoms with Crippen molar-refractivity contribution in [1.82, 2.24) is 9.88 Å². The Morgan fingerprint density at radius 3 is 3.17 bits per heavy atom. The van der Waals surface area contributed by atoms with Gasteiger partial charge in [-0.2, -0.15) is 5.26 Å². The molecular formula is C14H17N3S. The molecule has 0 unspecified atom stereocenters. The van der Waals surface area contributed by atoms with E-state index in [4.69, 9.17) is 0 Å². The average molecular weight is 259 g/mol. The molecule has 0 N–H and O–H groups in total. The monoisotopic (exact) mass is 259 g/mol. The van der Waals surface area contributed by atoms with Gasteiger partial charge in [-0.3, -0.25) is 4.90 Å². The number of hydrogen-bond donors (Lipinski definition) is 0. The molecule has 1 aliphatic rings. The number of rotatable bonds is 4. The summed E-state index contributed by atoms with van der Waals surface area (Å²) in [6, 6.07) is 4.26. The summed E-state index contributed by atoms with van der Waals surface area (Å²) in [5.74, 6) is 0.793. The summed E-state index contributed by atoms with van der Waals surface area (Å²) in [5, 5.41) is 10.0. The molecule has 0 radical (unpaired) electrons. The van der Waals surface area contributed by atoms with Gasteiger partial charge in [0, 0.05) is 31.0 Å². The molecule has 0 fully saturated rings. The van der Waals surface area contributed by atoms with E-state index in [0.717, 1.165) is 42.5 Å². The summed E-state index contributed by atoms with van der Waals surface area (Å²) in [6.45, 7) is 8.90. The van der Waals surface area contributed by atoms with Gasteiger partial charge in [-0.25, -0.2) is 4.98 Å². The first-order valence-electron chi connectivity index (χ1n) is 6.17. The maximum Gasteiger partial charge on any atom is 0.114 e. The number of fused-ring (bicyclic) bond motifs is 1. The fourth-order valence-corrected chi connectivity index (χ4v) is 2.82. The van der Waals surface area contributed by atoms with Crippen LogP contribution < -0.4 is 0 Å². The molecule has 0 atom stereocenters. The highest BCUT2D eigenvalue weighted by Crippen LogP contribution is 2.26. The van der Waals surface area contributed by atoms with Crippen LogP contribution in [0.4, 0.5) is 0 Å². The van der Waals surface area contributed by atoms with Gasteiger partial charge in [0.15, 0.2) is 0 Å². The highest BCUT2D eigenvalue weighted by Gasteiger charge is 2.18. The normalized spacial score (nSPS) is 14.9. The Labute approximate surface area is 113 Å². The topological polar surface area (TPSA) is 39.9 Å². The Kier molecular flexibility index (Phi) is 4.40. The zero-order chi connectivity index (χ0) is 13.0. The van der Waals surface area contributed by atoms with Crippen LogP contribution in [0.15, 0.2) is 23.7 Å². The van der Waals surface area contributed by atoms with E-state index in [2.05, 4.69) is 29.5 Å². The van der Waals surface area contributed by atoms with Crippen molar-refractivity contribution in [2.24, 2.45) is 0 Å². The zero-order valence-electron chi connectivity index (χ0n) is 10.6. The maximum absolute atomic E-state index is 9.20. The molecule has 1 aromatic heterocycles. The summed E-state index contributed by atoms with van der Waals surface area (Å²) in [6.07, 6.45) is 2.82. The lowest BCUT2D eigenvalue weighted by molar-refractivity contribution is 0.265. The van der Waals surface area contributed by atoms with E-state index in [1.165, 1.54) is 5.56 Å². The second kappa shape index (κ2) is 6.03. The van der Waals surface area contributed by atoms with Gasteiger partial charge < -0.3 is 0 Å². The van der Waals surface area contributed by atoms with Crippen molar-refractivity contribution >= 4 is 11.8 Å². The third-order valence-electron chi connectivity index (χ3n) is 3.12. The largest absolute Gasteiger partial charge is 0.299 e. The molecule has 2 rings (SSSR count). The summed E-state index contributed by atoms with van der Waals surface area (Å²) in [5.41, 5.74) is 3.06. The van der Waals surface area contributed by atoms with E-state index in [1.54, 1.807) is 11.8 Å². The second-order valence-electron chi connectivity index (χ2n) is 4.28. The van der Waals surface area contributed by atoms with E-state index in [0.29, 0.717) is 5.56 Å². The standard InChI is InChI=1S/C14H17N3S/c1-3-7-18-14-11(9-15)8-12-10-17(4-2)6-5-13(12)16-14/h3,8H,1,4-7,10H2,2H3. The van der Waals surface area contributed by atoms with Crippen LogP contribution in [0, 0.1) is 11.3 Å². The molecule has 0 saturated carbocycles. The molecular weight excluding hydrogens is 242 g/mol. The molecule has 0 saturated heterocycles. The molecule has 0 aromatic carbocycles. The maximum atomic E-state index is 9.20. The molecule has 4 heteroatoms. The van der Waals surface area contributed by atoms with Gasteiger partial charge in [-0.05, 0) is 18.2 Å². The van der Waals surface area contributed by atoms with Crippen molar-refractivity contribution < 1.29 is 0 Å². The summed E-state index contributed by atoms with van der Waals surface area (Å²) in [7, 11) is 0. The van der Waals surface area contributed by atoms with Gasteiger partial charge in [0.2, 0.25) is 0 Å². The van der Waals surface area contributed by atoms with Gasteiger partial charge >= 0.3 is 0 Å². The van der Waals surface area contributed by atoms with Crippen LogP contribution in [-0.4, -0.2) is 28.7 Å². The van der Waals surface area contributed by atoms with Crippen LogP contribution in [0.5, 0.6) is 0 Å². The molecule has 3 nitrogen and oxygen atoms in total. The Morgan fingerprint density at radius 1 is 1.67 bits per heavy atom. The zero-order valence-corrected chi connectivity index (χ0v) is 11.5. The van der Waals surface area contributed by atoms with Gasteiger partial charge in [-0.1, -0.05) is 13.0 Å². The van der Waals surface area contributed by atoms with Crippen LogP contribution >= 0.6 is 11.8 Å². The third kappa shape index (κ3) is 2.74. The Hall–Kier alpha value is -1.31. The number of aromatic nitrogens is 1. The summed E-state index contributed by atoms with van der Waals surface area (Å²) in [4.78, 5) is 7.03. The molecule has 1 aliphatic heterocycles. The van der Waals surface area contributed by atoms with E-state index in [9.17, 15) is 5.26 Å². The third-order valence-corrected chi connectivity index (χ3v) is 4.11. The minimum Gasteiger partial charge on any atom is -0.299 e. The lowest BCUT2D eigenvalue weighted by atomic mass is 10.0. The minimum atomic E-state index is 0.693. The van der Waals surface area contributed by atoms with Crippen LogP contribution in [-0.2, 0) is 13.0 Å². The lowest BCUT2D eigenvalue weighted by Crippen LogP contribution is -2.31. The molecule has 94 valence electrons. The van der Waals surface area contributed by atoms with E-state index < -0.39 is 0 Å². The fraction of sp³-hybridized carbons (Fsp3) is 0.429. The number of nitriles is 1. The molecule has 2 heterocycles. The molecule has 0 spiro atoms. The van der Waals surface area contributed by atoms with Crippen LogP contribution in [0.2, 0.25) is 0 Å². The first kappa shape index (κ1) is 13.1. The quantitative estimate of drug-likeness (QED) is 0.615. The van der Waals surface area contributed by atoms with E-state index >= 15 is 0 Å². The first-order valence-corrected chi connectivity index (χ1v) is 7.16. The number of pyridine rings is 1. The summed E-state index contributed by atoms with van der Waals surface area (Å²) < 4.78 is 0. The highest BCUT2D eigenvalue weighted by atomic mass is 32.2. The predicted octanol–water partition coefficient (Wildman–Crippen LogP) is 2.61. The van der Waals surface area contributed by atoms with Crippen LogP contribution in [0.1, 0.15) is 23.7 Å². The minimum absolute atomic E-state index is 0.693. The van der Waals surface area contributed by atoms with Crippen molar-refractivity contribution in [3.05, 3.63) is 35.5 Å². The average Bonchev–Trinajstić information content (AvgIpc) is 2.43. The Morgan fingerprint density at radius 2 is 2.50 bits per heavy atom. The van der Waals surface area contributed by atoms with E-state index in [1.807, 2.05) is 12.1 Å². The molecule has 0 bridgehead atoms. The number of likely N-dealkylation sites (N-methyl/N-ethyl adjacent to an activating group) is 1. The highest BCUT2D eigenvalue weighted by molar-refractivity contribution is 7.99. The number of nitrogens with zero attached hydrogens (tertiary/aromatic N) is 3. The van der Waals surface area contributed by atoms with Crippen molar-refractivity contribution in [3.8, 4) is 6.07 Å². The van der Waals surface area contributed by atoms with Gasteiger partial charge in [0.05, 0.1) is 5.56 Å². The van der Waals surface area contributed by atoms with Crippen molar-refractivity contribution in [3.63, 3.8) is 0 Å². The van der Waals surface area contributed by atoms with Crippen molar-refractivity contribution in [2.75, 3.05) is 18.8 Å². The van der Waals surface area contributed by atoms with E-state index in [-0.39, 0.29) is 0 Å². The predicted molar refractivity (Wildman–Crippen MR) is 74.5 cm³/mol. The first-order chi connectivity index (χ1) is 8.78. The Bertz CT molecular complexity index is 491. The number of thioether (sulfide) groups is 1. The van der Waals surface area contributed by atoms with Crippen LogP contribution in [0.3, 0.4) is 0 Å². The summed E-state index contributed by atoms with van der Waals surface area (Å²) >= 11 is 1.59. The molecule has 18 heavy (non-hydrogen) atoms. The van der Waals surface area contributed by atoms with Gasteiger partial charge in [0.1, 0.15) is 11.1 Å². The molecule has 0 amide bonds.